The first-order valence-electron chi connectivity index (χ1n) is 4.72. The van der Waals surface area contributed by atoms with Crippen LogP contribution in [0.2, 0.25) is 0 Å². The third kappa shape index (κ3) is 1.00. The van der Waals surface area contributed by atoms with E-state index in [-0.39, 0.29) is 17.8 Å². The normalized spacial score (nSPS) is 49.7. The standard InChI is InChI=1S/C10H13NO2/c1-10(2)9-8(12-9)6-5-11-4-3-7(6)13-10/h3-9H,1-2H3. The molecule has 0 spiro atoms. The Hall–Kier alpha value is -0.670. The minimum absolute atomic E-state index is 0.138. The van der Waals surface area contributed by atoms with E-state index < -0.39 is 0 Å². The molecule has 4 atom stereocenters. The fourth-order valence-electron chi connectivity index (χ4n) is 2.28. The molecule has 13 heavy (non-hydrogen) atoms. The minimum Gasteiger partial charge on any atom is -0.366 e. The van der Waals surface area contributed by atoms with Crippen LogP contribution < -0.4 is 0 Å². The van der Waals surface area contributed by atoms with Gasteiger partial charge in [-0.25, -0.2) is 0 Å². The van der Waals surface area contributed by atoms with Gasteiger partial charge in [-0.05, 0) is 19.9 Å². The van der Waals surface area contributed by atoms with Gasteiger partial charge in [0.2, 0.25) is 0 Å². The molecule has 3 nitrogen and oxygen atoms in total. The van der Waals surface area contributed by atoms with E-state index in [0.717, 1.165) is 0 Å². The Morgan fingerprint density at radius 1 is 1.38 bits per heavy atom. The topological polar surface area (TPSA) is 34.1 Å². The Morgan fingerprint density at radius 2 is 2.23 bits per heavy atom. The number of nitrogens with zero attached hydrogens (tertiary/aromatic N) is 1. The predicted octanol–water partition coefficient (Wildman–Crippen LogP) is 1.15. The molecule has 3 aliphatic heterocycles. The molecule has 3 heteroatoms. The van der Waals surface area contributed by atoms with Crippen molar-refractivity contribution >= 4 is 6.21 Å². The third-order valence-corrected chi connectivity index (χ3v) is 3.03. The molecule has 0 aromatic rings. The summed E-state index contributed by atoms with van der Waals surface area (Å²) in [5.41, 5.74) is -0.138. The van der Waals surface area contributed by atoms with E-state index in [4.69, 9.17) is 9.47 Å². The molecule has 2 fully saturated rings. The molecule has 3 aliphatic rings. The SMILES string of the molecule is CC1(C)OC2C=CN=CC2C2OC21. The smallest absolute Gasteiger partial charge is 0.113 e. The van der Waals surface area contributed by atoms with Gasteiger partial charge in [0, 0.05) is 12.4 Å². The first-order valence-corrected chi connectivity index (χ1v) is 4.72. The van der Waals surface area contributed by atoms with Gasteiger partial charge in [0.05, 0.1) is 23.7 Å². The fourth-order valence-corrected chi connectivity index (χ4v) is 2.28. The molecule has 0 aliphatic carbocycles. The summed E-state index contributed by atoms with van der Waals surface area (Å²) in [5.74, 6) is 0.336. The van der Waals surface area contributed by atoms with Crippen molar-refractivity contribution in [2.24, 2.45) is 10.9 Å². The monoisotopic (exact) mass is 179 g/mol. The molecule has 0 amide bonds. The molecule has 70 valence electrons. The molecule has 0 saturated carbocycles. The Kier molecular flexibility index (Phi) is 1.32. The van der Waals surface area contributed by atoms with Gasteiger partial charge in [-0.3, -0.25) is 4.99 Å². The van der Waals surface area contributed by atoms with Crippen LogP contribution in [0.25, 0.3) is 0 Å². The number of fused-ring (bicyclic) bond motifs is 3. The summed E-state index contributed by atoms with van der Waals surface area (Å²) in [6, 6.07) is 0. The summed E-state index contributed by atoms with van der Waals surface area (Å²) < 4.78 is 11.5. The van der Waals surface area contributed by atoms with Crippen molar-refractivity contribution in [3.63, 3.8) is 0 Å². The summed E-state index contributed by atoms with van der Waals surface area (Å²) in [5, 5.41) is 0. The van der Waals surface area contributed by atoms with E-state index in [1.54, 1.807) is 6.20 Å². The second-order valence-electron chi connectivity index (χ2n) is 4.42. The van der Waals surface area contributed by atoms with E-state index in [1.165, 1.54) is 0 Å². The van der Waals surface area contributed by atoms with Crippen molar-refractivity contribution in [2.45, 2.75) is 37.8 Å². The fraction of sp³-hybridized carbons (Fsp3) is 0.700. The van der Waals surface area contributed by atoms with Crippen LogP contribution in [0.4, 0.5) is 0 Å². The van der Waals surface area contributed by atoms with Crippen molar-refractivity contribution in [3.05, 3.63) is 12.3 Å². The summed E-state index contributed by atoms with van der Waals surface area (Å²) in [4.78, 5) is 4.12. The molecule has 3 heterocycles. The van der Waals surface area contributed by atoms with E-state index in [1.807, 2.05) is 12.3 Å². The zero-order valence-electron chi connectivity index (χ0n) is 7.81. The number of hydrogen-bond acceptors (Lipinski definition) is 3. The molecular weight excluding hydrogens is 166 g/mol. The summed E-state index contributed by atoms with van der Waals surface area (Å²) in [6.45, 7) is 4.18. The van der Waals surface area contributed by atoms with Gasteiger partial charge in [-0.1, -0.05) is 0 Å². The second-order valence-corrected chi connectivity index (χ2v) is 4.42. The molecule has 0 bridgehead atoms. The number of ether oxygens (including phenoxy) is 2. The molecule has 2 saturated heterocycles. The third-order valence-electron chi connectivity index (χ3n) is 3.03. The molecule has 3 rings (SSSR count). The number of epoxide rings is 1. The lowest BCUT2D eigenvalue weighted by molar-refractivity contribution is -0.0869. The average Bonchev–Trinajstić information content (AvgIpc) is 2.83. The molecule has 4 unspecified atom stereocenters. The molecule has 0 radical (unpaired) electrons. The Labute approximate surface area is 77.4 Å². The molecule has 0 aromatic heterocycles. The van der Waals surface area contributed by atoms with Gasteiger partial charge in [-0.15, -0.1) is 0 Å². The second kappa shape index (κ2) is 2.22. The van der Waals surface area contributed by atoms with Gasteiger partial charge in [-0.2, -0.15) is 0 Å². The first kappa shape index (κ1) is 7.71. The highest BCUT2D eigenvalue weighted by Crippen LogP contribution is 2.46. The van der Waals surface area contributed by atoms with Crippen molar-refractivity contribution < 1.29 is 9.47 Å². The van der Waals surface area contributed by atoms with Crippen LogP contribution in [0.1, 0.15) is 13.8 Å². The highest BCUT2D eigenvalue weighted by molar-refractivity contribution is 5.66. The Bertz CT molecular complexity index is 295. The van der Waals surface area contributed by atoms with Crippen molar-refractivity contribution in [1.82, 2.24) is 0 Å². The number of hydrogen-bond donors (Lipinski definition) is 0. The average molecular weight is 179 g/mol. The van der Waals surface area contributed by atoms with Gasteiger partial charge < -0.3 is 9.47 Å². The predicted molar refractivity (Wildman–Crippen MR) is 48.7 cm³/mol. The van der Waals surface area contributed by atoms with Gasteiger partial charge in [0.1, 0.15) is 6.10 Å². The maximum Gasteiger partial charge on any atom is 0.113 e. The van der Waals surface area contributed by atoms with Gasteiger partial charge in [0.15, 0.2) is 0 Å². The van der Waals surface area contributed by atoms with Crippen LogP contribution in [0, 0.1) is 5.92 Å². The summed E-state index contributed by atoms with van der Waals surface area (Å²) in [7, 11) is 0. The maximum absolute atomic E-state index is 5.93. The van der Waals surface area contributed by atoms with Crippen molar-refractivity contribution in [1.29, 1.82) is 0 Å². The summed E-state index contributed by atoms with van der Waals surface area (Å²) in [6.07, 6.45) is 6.54. The van der Waals surface area contributed by atoms with Crippen molar-refractivity contribution in [3.8, 4) is 0 Å². The summed E-state index contributed by atoms with van der Waals surface area (Å²) >= 11 is 0. The lowest BCUT2D eigenvalue weighted by Crippen LogP contribution is -2.47. The van der Waals surface area contributed by atoms with Gasteiger partial charge >= 0.3 is 0 Å². The highest BCUT2D eigenvalue weighted by atomic mass is 16.6. The maximum atomic E-state index is 5.93. The van der Waals surface area contributed by atoms with Crippen LogP contribution in [-0.2, 0) is 9.47 Å². The first-order chi connectivity index (χ1) is 6.18. The molecule has 0 N–H and O–H groups in total. The van der Waals surface area contributed by atoms with Crippen LogP contribution in [0.3, 0.4) is 0 Å². The quantitative estimate of drug-likeness (QED) is 0.523. The zero-order valence-corrected chi connectivity index (χ0v) is 7.81. The van der Waals surface area contributed by atoms with Crippen LogP contribution in [-0.4, -0.2) is 30.1 Å². The minimum atomic E-state index is -0.138. The lowest BCUT2D eigenvalue weighted by Gasteiger charge is -2.36. The van der Waals surface area contributed by atoms with E-state index in [2.05, 4.69) is 18.8 Å². The zero-order chi connectivity index (χ0) is 9.05. The molecular formula is C10H13NO2. The van der Waals surface area contributed by atoms with Crippen LogP contribution in [0.15, 0.2) is 17.3 Å². The van der Waals surface area contributed by atoms with Crippen LogP contribution >= 0.6 is 0 Å². The number of rotatable bonds is 0. The van der Waals surface area contributed by atoms with E-state index in [9.17, 15) is 0 Å². The lowest BCUT2D eigenvalue weighted by atomic mass is 9.86. The Balaban J connectivity index is 1.91. The van der Waals surface area contributed by atoms with Crippen LogP contribution in [0.5, 0.6) is 0 Å². The molecule has 0 aromatic carbocycles. The largest absolute Gasteiger partial charge is 0.366 e. The van der Waals surface area contributed by atoms with E-state index >= 15 is 0 Å². The highest BCUT2D eigenvalue weighted by Gasteiger charge is 2.60. The van der Waals surface area contributed by atoms with E-state index in [0.29, 0.717) is 12.0 Å². The Morgan fingerprint density at radius 3 is 3.08 bits per heavy atom. The number of aliphatic imine (C=N–C) groups is 1. The van der Waals surface area contributed by atoms with Crippen molar-refractivity contribution in [2.75, 3.05) is 0 Å². The van der Waals surface area contributed by atoms with Gasteiger partial charge in [0.25, 0.3) is 0 Å².